The van der Waals surface area contributed by atoms with E-state index in [-0.39, 0.29) is 21.3 Å². The predicted molar refractivity (Wildman–Crippen MR) is 50.6 cm³/mol. The number of carbonyl (C=O) groups is 2. The van der Waals surface area contributed by atoms with Crippen LogP contribution in [0.1, 0.15) is 10.4 Å². The van der Waals surface area contributed by atoms with Crippen molar-refractivity contribution in [1.29, 1.82) is 0 Å². The first-order chi connectivity index (χ1) is 6.61. The molecule has 0 atom stereocenters. The number of aromatic hydroxyl groups is 1. The Bertz CT molecular complexity index is 362. The number of carbonyl (C=O) groups excluding carboxylic acids is 1. The van der Waals surface area contributed by atoms with E-state index < -0.39 is 20.9 Å². The molecule has 74 valence electrons. The Balaban J connectivity index is 2.70. The molecular weight excluding hydrogens is 251 g/mol. The van der Waals surface area contributed by atoms with Crippen molar-refractivity contribution in [3.05, 3.63) is 29.8 Å². The van der Waals surface area contributed by atoms with Crippen molar-refractivity contribution in [2.24, 2.45) is 0 Å². The number of carboxylic acids is 1. The van der Waals surface area contributed by atoms with E-state index in [1.165, 1.54) is 12.1 Å². The topological polar surface area (TPSA) is 74.6 Å². The van der Waals surface area contributed by atoms with Crippen LogP contribution in [0.15, 0.2) is 24.3 Å². The maximum absolute atomic E-state index is 11.4. The minimum absolute atomic E-state index is 0.0928. The number of para-hydroxylation sites is 1. The van der Waals surface area contributed by atoms with Crippen LogP contribution in [0.2, 0.25) is 5.32 Å². The van der Waals surface area contributed by atoms with Gasteiger partial charge in [0.25, 0.3) is 0 Å². The van der Waals surface area contributed by atoms with Gasteiger partial charge in [0.2, 0.25) is 0 Å². The second-order valence-electron chi connectivity index (χ2n) is 2.49. The Morgan fingerprint density at radius 1 is 1.29 bits per heavy atom. The van der Waals surface area contributed by atoms with Gasteiger partial charge in [0.05, 0.1) is 0 Å². The van der Waals surface area contributed by atoms with Gasteiger partial charge < -0.3 is 0 Å². The van der Waals surface area contributed by atoms with Crippen LogP contribution in [-0.2, 0) is 4.79 Å². The summed E-state index contributed by atoms with van der Waals surface area (Å²) in [5.41, 5.74) is 0.203. The number of benzene rings is 1. The summed E-state index contributed by atoms with van der Waals surface area (Å²) in [6.45, 7) is 0. The van der Waals surface area contributed by atoms with Gasteiger partial charge in [0, 0.05) is 0 Å². The van der Waals surface area contributed by atoms with Gasteiger partial charge >= 0.3 is 86.3 Å². The van der Waals surface area contributed by atoms with Gasteiger partial charge in [-0.3, -0.25) is 0 Å². The van der Waals surface area contributed by atoms with Crippen molar-refractivity contribution in [2.75, 3.05) is 0 Å². The molecule has 0 aromatic heterocycles. The van der Waals surface area contributed by atoms with Crippen molar-refractivity contribution in [3.63, 3.8) is 0 Å². The number of aliphatic carboxylic acids is 1. The van der Waals surface area contributed by atoms with Gasteiger partial charge in [0.1, 0.15) is 0 Å². The zero-order chi connectivity index (χ0) is 10.6. The van der Waals surface area contributed by atoms with Gasteiger partial charge in [-0.25, -0.2) is 0 Å². The molecule has 14 heavy (non-hydrogen) atoms. The third kappa shape index (κ3) is 2.87. The number of hydrogen-bond donors (Lipinski definition) is 2. The summed E-state index contributed by atoms with van der Waals surface area (Å²) >= 11 is -0.648. The maximum atomic E-state index is 11.4. The third-order valence-electron chi connectivity index (χ3n) is 1.45. The van der Waals surface area contributed by atoms with E-state index in [0.717, 1.165) is 0 Å². The van der Waals surface area contributed by atoms with Crippen molar-refractivity contribution < 1.29 is 19.8 Å². The number of hydrogen-bond acceptors (Lipinski definition) is 3. The van der Waals surface area contributed by atoms with Gasteiger partial charge in [-0.1, -0.05) is 0 Å². The molecule has 0 aliphatic heterocycles. The fraction of sp³-hybridized carbons (Fsp3) is 0.111. The monoisotopic (exact) mass is 260 g/mol. The molecule has 0 saturated heterocycles. The second-order valence-corrected chi connectivity index (χ2v) is 4.48. The molecule has 5 heteroatoms. The third-order valence-corrected chi connectivity index (χ3v) is 3.28. The average Bonchev–Trinajstić information content (AvgIpc) is 2.15. The Morgan fingerprint density at radius 3 is 2.50 bits per heavy atom. The van der Waals surface area contributed by atoms with E-state index in [2.05, 4.69) is 0 Å². The second kappa shape index (κ2) is 4.79. The Labute approximate surface area is 86.7 Å². The molecule has 1 aromatic rings. The zero-order valence-electron chi connectivity index (χ0n) is 7.14. The molecule has 0 radical (unpaired) electrons. The van der Waals surface area contributed by atoms with Crippen LogP contribution >= 0.6 is 0 Å². The number of phenols is 1. The molecule has 1 aromatic carbocycles. The van der Waals surface area contributed by atoms with E-state index in [1.807, 2.05) is 0 Å². The van der Waals surface area contributed by atoms with Crippen LogP contribution in [0, 0.1) is 0 Å². The summed E-state index contributed by atoms with van der Waals surface area (Å²) in [4.78, 5) is 21.6. The first kappa shape index (κ1) is 10.8. The van der Waals surface area contributed by atoms with E-state index in [4.69, 9.17) is 5.11 Å². The molecule has 0 amide bonds. The van der Waals surface area contributed by atoms with Crippen molar-refractivity contribution in [2.45, 2.75) is 5.32 Å². The quantitative estimate of drug-likeness (QED) is 0.782. The van der Waals surface area contributed by atoms with Crippen LogP contribution in [0.25, 0.3) is 0 Å². The van der Waals surface area contributed by atoms with Crippen LogP contribution in [-0.4, -0.2) is 35.8 Å². The Morgan fingerprint density at radius 2 is 1.93 bits per heavy atom. The summed E-state index contributed by atoms with van der Waals surface area (Å²) in [5.74, 6) is -1.08. The average molecular weight is 259 g/mol. The summed E-state index contributed by atoms with van der Waals surface area (Å²) in [6, 6.07) is 6.13. The molecule has 0 heterocycles. The summed E-state index contributed by atoms with van der Waals surface area (Å²) < 4.78 is -0.294. The normalized spacial score (nSPS) is 9.71. The molecule has 0 aliphatic rings. The molecule has 0 spiro atoms. The first-order valence-corrected chi connectivity index (χ1v) is 5.85. The standard InChI is InChI=1S/C9H8O4Se/c10-7-4-2-1-3-6(7)9(13)14-5-8(11)12/h1-4,10H,5H2,(H,11,12). The zero-order valence-corrected chi connectivity index (χ0v) is 8.85. The molecule has 4 nitrogen and oxygen atoms in total. The predicted octanol–water partition coefficient (Wildman–Crippen LogP) is 0.740. The number of carboxylic acid groups (broad SMARTS) is 1. The Kier molecular flexibility index (Phi) is 3.68. The van der Waals surface area contributed by atoms with Crippen LogP contribution < -0.4 is 0 Å². The van der Waals surface area contributed by atoms with Crippen molar-refractivity contribution >= 4 is 25.6 Å². The molecule has 1 rings (SSSR count). The molecular formula is C9H8O4Se. The minimum atomic E-state index is -0.992. The van der Waals surface area contributed by atoms with Crippen LogP contribution in [0.5, 0.6) is 5.75 Å². The summed E-state index contributed by atoms with van der Waals surface area (Å²) in [6.07, 6.45) is 0. The molecule has 0 unspecified atom stereocenters. The van der Waals surface area contributed by atoms with Crippen LogP contribution in [0.3, 0.4) is 0 Å². The number of phenolic OH excluding ortho intramolecular Hbond substituents is 1. The van der Waals surface area contributed by atoms with Gasteiger partial charge in [-0.2, -0.15) is 0 Å². The van der Waals surface area contributed by atoms with Crippen molar-refractivity contribution in [3.8, 4) is 5.75 Å². The number of rotatable bonds is 4. The molecule has 0 aliphatic carbocycles. The SMILES string of the molecule is O=C(O)C[Se]C(=O)c1ccccc1O. The van der Waals surface area contributed by atoms with Gasteiger partial charge in [-0.05, 0) is 0 Å². The van der Waals surface area contributed by atoms with Crippen molar-refractivity contribution in [1.82, 2.24) is 0 Å². The summed E-state index contributed by atoms with van der Waals surface area (Å²) in [7, 11) is 0. The summed E-state index contributed by atoms with van der Waals surface area (Å²) in [5, 5.41) is 17.5. The molecule has 0 saturated carbocycles. The molecule has 0 bridgehead atoms. The van der Waals surface area contributed by atoms with E-state index >= 15 is 0 Å². The van der Waals surface area contributed by atoms with Gasteiger partial charge in [0.15, 0.2) is 0 Å². The van der Waals surface area contributed by atoms with E-state index in [0.29, 0.717) is 0 Å². The molecule has 2 N–H and O–H groups in total. The van der Waals surface area contributed by atoms with E-state index in [9.17, 15) is 14.7 Å². The Hall–Kier alpha value is -1.32. The molecule has 0 fully saturated rings. The van der Waals surface area contributed by atoms with Gasteiger partial charge in [-0.15, -0.1) is 0 Å². The fourth-order valence-electron chi connectivity index (χ4n) is 0.851. The first-order valence-electron chi connectivity index (χ1n) is 3.78. The van der Waals surface area contributed by atoms with Crippen LogP contribution in [0.4, 0.5) is 0 Å². The fourth-order valence-corrected chi connectivity index (χ4v) is 2.07. The van der Waals surface area contributed by atoms with E-state index in [1.54, 1.807) is 12.1 Å².